The highest BCUT2D eigenvalue weighted by Gasteiger charge is 2.39. The number of hydrogen-bond donors (Lipinski definition) is 3. The average Bonchev–Trinajstić information content (AvgIpc) is 3.15. The summed E-state index contributed by atoms with van der Waals surface area (Å²) in [7, 11) is 3.64. The van der Waals surface area contributed by atoms with Crippen molar-refractivity contribution < 1.29 is 28.6 Å². The monoisotopic (exact) mass is 460 g/mol. The van der Waals surface area contributed by atoms with E-state index in [-0.39, 0.29) is 22.6 Å². The second-order valence-electron chi connectivity index (χ2n) is 8.84. The molecule has 176 valence electrons. The molecular weight excluding hydrogens is 432 g/mol. The van der Waals surface area contributed by atoms with E-state index in [0.29, 0.717) is 18.3 Å². The van der Waals surface area contributed by atoms with E-state index < -0.39 is 17.5 Å². The van der Waals surface area contributed by atoms with Gasteiger partial charge in [-0.3, -0.25) is 14.7 Å². The zero-order valence-electron chi connectivity index (χ0n) is 18.8. The predicted molar refractivity (Wildman–Crippen MR) is 119 cm³/mol. The number of hydrogen-bond acceptors (Lipinski definition) is 5. The van der Waals surface area contributed by atoms with Gasteiger partial charge in [-0.05, 0) is 43.9 Å². The summed E-state index contributed by atoms with van der Waals surface area (Å²) in [6.45, 7) is 0.652. The first-order valence-electron chi connectivity index (χ1n) is 10.9. The minimum atomic E-state index is -3.32. The van der Waals surface area contributed by atoms with Gasteiger partial charge in [-0.2, -0.15) is 13.9 Å². The topological polar surface area (TPSA) is 94.5 Å². The number of rotatable bonds is 5. The van der Waals surface area contributed by atoms with E-state index >= 15 is 0 Å². The molecule has 33 heavy (non-hydrogen) atoms. The lowest BCUT2D eigenvalue weighted by Crippen LogP contribution is -2.46. The van der Waals surface area contributed by atoms with E-state index in [1.807, 2.05) is 35.9 Å². The number of carbonyl (C=O) groups is 1. The molecule has 1 aliphatic rings. The highest BCUT2D eigenvalue weighted by Crippen LogP contribution is 2.33. The molecule has 10 heteroatoms. The van der Waals surface area contributed by atoms with Crippen LogP contribution in [-0.2, 0) is 5.92 Å². The molecule has 8 nitrogen and oxygen atoms in total. The van der Waals surface area contributed by atoms with E-state index in [2.05, 4.69) is 5.32 Å². The van der Waals surface area contributed by atoms with Crippen molar-refractivity contribution in [3.63, 3.8) is 0 Å². The summed E-state index contributed by atoms with van der Waals surface area (Å²) in [5, 5.41) is 28.2. The molecule has 0 bridgehead atoms. The second-order valence-corrected chi connectivity index (χ2v) is 8.84. The van der Waals surface area contributed by atoms with E-state index in [9.17, 15) is 23.9 Å². The number of nitrogens with one attached hydrogen (secondary N) is 1. The largest absolute Gasteiger partial charge is 0.393 e. The van der Waals surface area contributed by atoms with Crippen LogP contribution in [0.4, 0.5) is 20.2 Å². The maximum absolute atomic E-state index is 13.8. The number of fused-ring (bicyclic) bond motifs is 1. The Kier molecular flexibility index (Phi) is 5.96. The van der Waals surface area contributed by atoms with Gasteiger partial charge in [0.25, 0.3) is 0 Å². The quantitative estimate of drug-likeness (QED) is 0.400. The molecule has 1 fully saturated rings. The molecule has 0 radical (unpaired) electrons. The summed E-state index contributed by atoms with van der Waals surface area (Å²) in [6.07, 6.45) is 4.82. The molecular formula is C23H28F2N5O3+. The number of benzene rings is 1. The third-order valence-corrected chi connectivity index (χ3v) is 6.06. The summed E-state index contributed by atoms with van der Waals surface area (Å²) in [5.74, 6) is -4.04. The molecule has 0 aliphatic heterocycles. The van der Waals surface area contributed by atoms with Crippen LogP contribution < -0.4 is 14.9 Å². The molecule has 0 unspecified atom stereocenters. The number of anilines is 2. The summed E-state index contributed by atoms with van der Waals surface area (Å²) >= 11 is 0. The van der Waals surface area contributed by atoms with Crippen LogP contribution in [0.5, 0.6) is 0 Å². The number of nitrogens with zero attached hydrogens (tertiary/aromatic N) is 4. The molecule has 0 atom stereocenters. The van der Waals surface area contributed by atoms with E-state index in [1.54, 1.807) is 6.07 Å². The molecule has 1 amide bonds. The minimum absolute atomic E-state index is 0.202. The highest BCUT2D eigenvalue weighted by atomic mass is 19.3. The zero-order chi connectivity index (χ0) is 23.9. The Labute approximate surface area is 190 Å². The van der Waals surface area contributed by atoms with Gasteiger partial charge in [-0.25, -0.2) is 0 Å². The van der Waals surface area contributed by atoms with Crippen LogP contribution in [0.25, 0.3) is 10.9 Å². The smallest absolute Gasteiger partial charge is 0.332 e. The number of halogens is 2. The Hall–Kier alpha value is -3.27. The summed E-state index contributed by atoms with van der Waals surface area (Å²) in [4.78, 5) is 14.7. The number of alkyl halides is 2. The lowest BCUT2D eigenvalue weighted by atomic mass is 9.93. The SMILES string of the molecule is CN(C)c1cc2nn(C3CCC(O)CC3)cc2cc1NC(=O)c1cccc(C(C)(F)F)[n+]1O. The van der Waals surface area contributed by atoms with E-state index in [4.69, 9.17) is 5.10 Å². The van der Waals surface area contributed by atoms with Gasteiger partial charge >= 0.3 is 23.2 Å². The van der Waals surface area contributed by atoms with Crippen LogP contribution >= 0.6 is 0 Å². The molecule has 0 saturated heterocycles. The second kappa shape index (κ2) is 8.58. The Bertz CT molecular complexity index is 1180. The first-order valence-corrected chi connectivity index (χ1v) is 10.9. The normalized spacial score (nSPS) is 19.0. The Balaban J connectivity index is 1.67. The van der Waals surface area contributed by atoms with Crippen molar-refractivity contribution in [1.29, 1.82) is 0 Å². The minimum Gasteiger partial charge on any atom is -0.393 e. The summed E-state index contributed by atoms with van der Waals surface area (Å²) in [6, 6.07) is 7.47. The van der Waals surface area contributed by atoms with Gasteiger partial charge in [0.1, 0.15) is 0 Å². The van der Waals surface area contributed by atoms with E-state index in [1.165, 1.54) is 12.1 Å². The molecule has 0 spiro atoms. The number of aliphatic hydroxyl groups is 1. The number of pyridine rings is 1. The van der Waals surface area contributed by atoms with Crippen molar-refractivity contribution in [3.05, 3.63) is 47.9 Å². The first-order chi connectivity index (χ1) is 15.5. The van der Waals surface area contributed by atoms with Crippen molar-refractivity contribution in [2.24, 2.45) is 0 Å². The zero-order valence-corrected chi connectivity index (χ0v) is 18.8. The molecule has 1 aliphatic carbocycles. The van der Waals surface area contributed by atoms with Crippen molar-refractivity contribution in [2.45, 2.75) is 50.7 Å². The number of aliphatic hydroxyl groups excluding tert-OH is 1. The standard InChI is InChI=1S/C23H27F2N5O3/c1-23(24,25)21-6-4-5-19(30(21)33)22(32)26-18-11-14-13-29(15-7-9-16(31)10-8-15)27-17(14)12-20(18)28(2)3/h4-6,11-13,15-16,31H,7-10H2,1-3H3,(H-,26,32,33)/p+1. The lowest BCUT2D eigenvalue weighted by molar-refractivity contribution is -0.914. The average molecular weight is 461 g/mol. The molecule has 1 saturated carbocycles. The van der Waals surface area contributed by atoms with E-state index in [0.717, 1.165) is 42.7 Å². The Morgan fingerprint density at radius 3 is 2.58 bits per heavy atom. The van der Waals surface area contributed by atoms with Crippen LogP contribution in [0.3, 0.4) is 0 Å². The van der Waals surface area contributed by atoms with Crippen molar-refractivity contribution in [3.8, 4) is 0 Å². The summed E-state index contributed by atoms with van der Waals surface area (Å²) < 4.78 is 29.7. The molecule has 3 aromatic rings. The Morgan fingerprint density at radius 1 is 1.24 bits per heavy atom. The molecule has 2 aromatic heterocycles. The highest BCUT2D eigenvalue weighted by molar-refractivity contribution is 6.05. The fourth-order valence-electron chi connectivity index (χ4n) is 4.25. The molecule has 3 N–H and O–H groups in total. The lowest BCUT2D eigenvalue weighted by Gasteiger charge is -2.25. The van der Waals surface area contributed by atoms with Gasteiger partial charge in [0.2, 0.25) is 0 Å². The maximum Gasteiger partial charge on any atom is 0.332 e. The molecule has 2 heterocycles. The maximum atomic E-state index is 13.8. The van der Waals surface area contributed by atoms with Crippen molar-refractivity contribution in [2.75, 3.05) is 24.3 Å². The number of amides is 1. The van der Waals surface area contributed by atoms with Crippen LogP contribution in [0.15, 0.2) is 36.5 Å². The molecule has 4 rings (SSSR count). The van der Waals surface area contributed by atoms with Crippen molar-refractivity contribution >= 4 is 28.2 Å². The molecule has 1 aromatic carbocycles. The predicted octanol–water partition coefficient (Wildman–Crippen LogP) is 3.47. The van der Waals surface area contributed by atoms with Crippen LogP contribution in [0, 0.1) is 0 Å². The van der Waals surface area contributed by atoms with Gasteiger partial charge < -0.3 is 15.3 Å². The van der Waals surface area contributed by atoms with Gasteiger partial charge in [0.05, 0.1) is 29.0 Å². The fraction of sp³-hybridized carbons (Fsp3) is 0.435. The van der Waals surface area contributed by atoms with Gasteiger partial charge in [0, 0.05) is 49.5 Å². The number of carbonyl (C=O) groups excluding carboxylic acids is 1. The Morgan fingerprint density at radius 2 is 1.94 bits per heavy atom. The van der Waals surface area contributed by atoms with Crippen LogP contribution in [0.1, 0.15) is 54.8 Å². The third kappa shape index (κ3) is 4.61. The van der Waals surface area contributed by atoms with Gasteiger partial charge in [-0.1, -0.05) is 0 Å². The van der Waals surface area contributed by atoms with Crippen LogP contribution in [0.2, 0.25) is 0 Å². The summed E-state index contributed by atoms with van der Waals surface area (Å²) in [5.41, 5.74) is 0.909. The first kappa shape index (κ1) is 22.9. The fourth-order valence-corrected chi connectivity index (χ4v) is 4.25. The van der Waals surface area contributed by atoms with Gasteiger partial charge in [-0.15, -0.1) is 0 Å². The van der Waals surface area contributed by atoms with Crippen LogP contribution in [-0.4, -0.2) is 46.2 Å². The van der Waals surface area contributed by atoms with Crippen molar-refractivity contribution in [1.82, 2.24) is 9.78 Å². The number of aromatic nitrogens is 3. The third-order valence-electron chi connectivity index (χ3n) is 6.06. The van der Waals surface area contributed by atoms with Gasteiger partial charge in [0.15, 0.2) is 0 Å².